The zero-order valence-electron chi connectivity index (χ0n) is 46.4. The summed E-state index contributed by atoms with van der Waals surface area (Å²) in [5.41, 5.74) is -1.12. The van der Waals surface area contributed by atoms with Gasteiger partial charge in [0.25, 0.3) is 0 Å². The topological polar surface area (TPSA) is 93.1 Å². The smallest absolute Gasteiger partial charge is 0.309 e. The van der Waals surface area contributed by atoms with Crippen LogP contribution < -0.4 is 0 Å². The SMILES string of the molecule is CCCC/C=C/CCCCCCCCCCCCCCCCCCCCCCCCCCCCCCCCCCCCCCCCCCCCCCCCC1CC(=O)OCC(CO)(CO)COC1=O. The van der Waals surface area contributed by atoms with Crippen molar-refractivity contribution in [1.29, 1.82) is 0 Å². The predicted molar refractivity (Wildman–Crippen MR) is 297 cm³/mol. The predicted octanol–water partition coefficient (Wildman–Crippen LogP) is 19.5. The molecule has 0 radical (unpaired) electrons. The molecular formula is C63H120O6. The summed E-state index contributed by atoms with van der Waals surface area (Å²) in [4.78, 5) is 24.7. The van der Waals surface area contributed by atoms with Crippen LogP contribution in [0.25, 0.3) is 0 Å². The van der Waals surface area contributed by atoms with Gasteiger partial charge in [-0.1, -0.05) is 321 Å². The molecule has 1 atom stereocenters. The van der Waals surface area contributed by atoms with E-state index in [1.165, 1.54) is 302 Å². The Kier molecular flexibility index (Phi) is 50.3. The molecule has 0 bridgehead atoms. The second kappa shape index (κ2) is 52.9. The Morgan fingerprint density at radius 3 is 0.899 bits per heavy atom. The van der Waals surface area contributed by atoms with Crippen LogP contribution >= 0.6 is 0 Å². The molecule has 1 heterocycles. The number of esters is 2. The molecule has 0 aliphatic carbocycles. The van der Waals surface area contributed by atoms with Crippen molar-refractivity contribution in [1.82, 2.24) is 0 Å². The Bertz CT molecular complexity index is 1090. The van der Waals surface area contributed by atoms with Crippen molar-refractivity contribution in [3.63, 3.8) is 0 Å². The summed E-state index contributed by atoms with van der Waals surface area (Å²) in [6.45, 7) is 1.18. The van der Waals surface area contributed by atoms with Gasteiger partial charge in [0.15, 0.2) is 0 Å². The summed E-state index contributed by atoms with van der Waals surface area (Å²) in [7, 11) is 0. The quantitative estimate of drug-likeness (QED) is 0.0358. The van der Waals surface area contributed by atoms with Gasteiger partial charge in [-0.05, 0) is 25.7 Å². The molecule has 2 N–H and O–H groups in total. The van der Waals surface area contributed by atoms with E-state index in [9.17, 15) is 19.8 Å². The molecule has 6 nitrogen and oxygen atoms in total. The number of aliphatic hydroxyl groups is 2. The van der Waals surface area contributed by atoms with E-state index in [0.717, 1.165) is 19.3 Å². The maximum Gasteiger partial charge on any atom is 0.309 e. The van der Waals surface area contributed by atoms with E-state index in [0.29, 0.717) is 6.42 Å². The van der Waals surface area contributed by atoms with Gasteiger partial charge in [0.1, 0.15) is 13.2 Å². The molecule has 408 valence electrons. The van der Waals surface area contributed by atoms with Crippen molar-refractivity contribution in [2.75, 3.05) is 26.4 Å². The molecule has 1 aliphatic rings. The molecule has 0 saturated carbocycles. The summed E-state index contributed by atoms with van der Waals surface area (Å²) in [5.74, 6) is -1.40. The first-order valence-corrected chi connectivity index (χ1v) is 31.3. The van der Waals surface area contributed by atoms with Crippen LogP contribution in [0.2, 0.25) is 0 Å². The molecule has 1 fully saturated rings. The molecule has 1 saturated heterocycles. The Balaban J connectivity index is 1.67. The highest BCUT2D eigenvalue weighted by Crippen LogP contribution is 2.25. The number of rotatable bonds is 54. The van der Waals surface area contributed by atoms with E-state index in [1.807, 2.05) is 0 Å². The number of hydrogen-bond donors (Lipinski definition) is 2. The molecule has 69 heavy (non-hydrogen) atoms. The van der Waals surface area contributed by atoms with E-state index in [-0.39, 0.29) is 19.6 Å². The molecule has 1 aliphatic heterocycles. The fourth-order valence-electron chi connectivity index (χ4n) is 10.4. The van der Waals surface area contributed by atoms with E-state index in [4.69, 9.17) is 9.47 Å². The van der Waals surface area contributed by atoms with Gasteiger partial charge in [0.2, 0.25) is 0 Å². The highest BCUT2D eigenvalue weighted by Gasteiger charge is 2.36. The number of cyclic esters (lactones) is 2. The zero-order valence-corrected chi connectivity index (χ0v) is 46.4. The maximum absolute atomic E-state index is 12.5. The van der Waals surface area contributed by atoms with Crippen LogP contribution in [0, 0.1) is 11.3 Å². The molecule has 6 heteroatoms. The molecule has 0 aromatic rings. The van der Waals surface area contributed by atoms with Crippen LogP contribution in [0.4, 0.5) is 0 Å². The summed E-state index contributed by atoms with van der Waals surface area (Å²) < 4.78 is 10.6. The molecular weight excluding hydrogens is 853 g/mol. The maximum atomic E-state index is 12.5. The summed E-state index contributed by atoms with van der Waals surface area (Å²) in [6.07, 6.45) is 75.7. The molecule has 0 spiro atoms. The van der Waals surface area contributed by atoms with E-state index >= 15 is 0 Å². The minimum atomic E-state index is -1.12. The van der Waals surface area contributed by atoms with Crippen LogP contribution in [0.15, 0.2) is 12.2 Å². The Morgan fingerprint density at radius 2 is 0.623 bits per heavy atom. The third-order valence-corrected chi connectivity index (χ3v) is 15.5. The van der Waals surface area contributed by atoms with Crippen molar-refractivity contribution in [2.24, 2.45) is 11.3 Å². The van der Waals surface area contributed by atoms with Crippen molar-refractivity contribution in [3.8, 4) is 0 Å². The number of hydrogen-bond acceptors (Lipinski definition) is 6. The number of carbonyl (C=O) groups is 2. The van der Waals surface area contributed by atoms with Crippen LogP contribution in [0.1, 0.15) is 341 Å². The third-order valence-electron chi connectivity index (χ3n) is 15.5. The summed E-state index contributed by atoms with van der Waals surface area (Å²) in [5, 5.41) is 19.2. The number of unbranched alkanes of at least 4 members (excludes halogenated alkanes) is 48. The molecule has 0 aromatic carbocycles. The average molecular weight is 974 g/mol. The van der Waals surface area contributed by atoms with Crippen LogP contribution in [-0.2, 0) is 19.1 Å². The third kappa shape index (κ3) is 45.0. The second-order valence-electron chi connectivity index (χ2n) is 22.4. The first-order valence-electron chi connectivity index (χ1n) is 31.3. The first-order chi connectivity index (χ1) is 34.1. The Hall–Kier alpha value is -1.40. The number of carbonyl (C=O) groups excluding carboxylic acids is 2. The van der Waals surface area contributed by atoms with Gasteiger partial charge in [-0.3, -0.25) is 9.59 Å². The summed E-state index contributed by atoms with van der Waals surface area (Å²) in [6, 6.07) is 0. The largest absolute Gasteiger partial charge is 0.465 e. The highest BCUT2D eigenvalue weighted by molar-refractivity contribution is 5.80. The normalized spacial score (nSPS) is 15.4. The average Bonchev–Trinajstić information content (AvgIpc) is 3.41. The standard InChI is InChI=1S/C63H120O6/c1-2-3-4-5-6-7-8-9-10-11-12-13-14-15-16-17-18-19-20-21-22-23-24-25-26-27-28-29-30-31-32-33-34-35-36-37-38-39-40-41-42-43-44-45-46-47-48-49-50-51-52-53-54-60-55-61(66)68-58-63(56-64,57-65)59-69-62(60)67/h5-6,60,64-65H,2-4,7-59H2,1H3/b6-5+. The van der Waals surface area contributed by atoms with Crippen molar-refractivity contribution in [3.05, 3.63) is 12.2 Å². The van der Waals surface area contributed by atoms with Crippen molar-refractivity contribution in [2.45, 2.75) is 341 Å². The van der Waals surface area contributed by atoms with Gasteiger partial charge in [-0.25, -0.2) is 0 Å². The van der Waals surface area contributed by atoms with Gasteiger partial charge in [0.05, 0.1) is 31.0 Å². The Labute approximate surface area is 430 Å². The fourth-order valence-corrected chi connectivity index (χ4v) is 10.4. The highest BCUT2D eigenvalue weighted by atomic mass is 16.6. The number of ether oxygens (including phenoxy) is 2. The van der Waals surface area contributed by atoms with Gasteiger partial charge in [-0.15, -0.1) is 0 Å². The summed E-state index contributed by atoms with van der Waals surface area (Å²) >= 11 is 0. The molecule has 1 unspecified atom stereocenters. The van der Waals surface area contributed by atoms with Gasteiger partial charge in [0, 0.05) is 0 Å². The van der Waals surface area contributed by atoms with E-state index < -0.39 is 36.5 Å². The van der Waals surface area contributed by atoms with Crippen LogP contribution in [0.3, 0.4) is 0 Å². The zero-order chi connectivity index (χ0) is 49.7. The van der Waals surface area contributed by atoms with E-state index in [2.05, 4.69) is 19.1 Å². The molecule has 1 rings (SSSR count). The van der Waals surface area contributed by atoms with Gasteiger partial charge >= 0.3 is 11.9 Å². The monoisotopic (exact) mass is 973 g/mol. The van der Waals surface area contributed by atoms with E-state index in [1.54, 1.807) is 0 Å². The Morgan fingerprint density at radius 1 is 0.377 bits per heavy atom. The first kappa shape index (κ1) is 65.6. The lowest BCUT2D eigenvalue weighted by Crippen LogP contribution is -2.40. The van der Waals surface area contributed by atoms with Crippen molar-refractivity contribution >= 4 is 11.9 Å². The minimum Gasteiger partial charge on any atom is -0.465 e. The second-order valence-corrected chi connectivity index (χ2v) is 22.4. The van der Waals surface area contributed by atoms with Crippen LogP contribution in [0.5, 0.6) is 0 Å². The van der Waals surface area contributed by atoms with Crippen molar-refractivity contribution < 1.29 is 29.3 Å². The van der Waals surface area contributed by atoms with Crippen LogP contribution in [-0.4, -0.2) is 48.6 Å². The van der Waals surface area contributed by atoms with Gasteiger partial charge in [-0.2, -0.15) is 0 Å². The molecule has 0 aromatic heterocycles. The van der Waals surface area contributed by atoms with Gasteiger partial charge < -0.3 is 19.7 Å². The lowest BCUT2D eigenvalue weighted by Gasteiger charge is -2.27. The number of aliphatic hydroxyl groups excluding tert-OH is 2. The molecule has 0 amide bonds. The lowest BCUT2D eigenvalue weighted by molar-refractivity contribution is -0.155. The minimum absolute atomic E-state index is 0.00519. The number of allylic oxidation sites excluding steroid dienone is 2. The fraction of sp³-hybridized carbons (Fsp3) is 0.937. The lowest BCUT2D eigenvalue weighted by atomic mass is 9.92.